The largest absolute Gasteiger partial charge is 0.382 e. The van der Waals surface area contributed by atoms with E-state index in [0.29, 0.717) is 13.0 Å². The smallest absolute Gasteiger partial charge is 0.241 e. The Hall–Kier alpha value is -1.23. The van der Waals surface area contributed by atoms with Crippen LogP contribution >= 0.6 is 11.8 Å². The van der Waals surface area contributed by atoms with Crippen molar-refractivity contribution in [2.24, 2.45) is 0 Å². The van der Waals surface area contributed by atoms with E-state index in [4.69, 9.17) is 0 Å². The highest BCUT2D eigenvalue weighted by Crippen LogP contribution is 2.14. The van der Waals surface area contributed by atoms with Gasteiger partial charge in [0.05, 0.1) is 13.1 Å². The Bertz CT molecular complexity index is 330. The van der Waals surface area contributed by atoms with E-state index in [1.165, 1.54) is 11.8 Å². The third kappa shape index (κ3) is 5.08. The number of rotatable bonds is 6. The van der Waals surface area contributed by atoms with Gasteiger partial charge in [0.2, 0.25) is 5.91 Å². The average Bonchev–Trinajstić information content (AvgIpc) is 2.71. The van der Waals surface area contributed by atoms with Gasteiger partial charge in [-0.1, -0.05) is 24.9 Å². The number of thioether (sulfide) groups is 1. The molecule has 1 aliphatic heterocycles. The van der Waals surface area contributed by atoms with E-state index in [2.05, 4.69) is 18.5 Å². The molecule has 1 heterocycles. The lowest BCUT2D eigenvalue weighted by atomic mass is 10.3. The summed E-state index contributed by atoms with van der Waals surface area (Å²) in [6, 6.07) is 0. The van der Waals surface area contributed by atoms with Gasteiger partial charge in [-0.25, -0.2) is 4.39 Å². The van der Waals surface area contributed by atoms with Crippen molar-refractivity contribution in [2.75, 3.05) is 19.6 Å². The molecule has 0 aliphatic carbocycles. The molecule has 0 radical (unpaired) electrons. The predicted octanol–water partition coefficient (Wildman–Crippen LogP) is 2.05. The molecule has 0 saturated carbocycles. The first-order valence-electron chi connectivity index (χ1n) is 5.41. The number of nitrogens with zero attached hydrogens (tertiary/aromatic N) is 1. The van der Waals surface area contributed by atoms with Gasteiger partial charge in [-0.05, 0) is 24.1 Å². The van der Waals surface area contributed by atoms with Gasteiger partial charge < -0.3 is 10.2 Å². The Morgan fingerprint density at radius 1 is 1.65 bits per heavy atom. The molecule has 0 aromatic heterocycles. The summed E-state index contributed by atoms with van der Waals surface area (Å²) >= 11 is 1.41. The minimum absolute atomic E-state index is 0.0724. The number of hydrogen-bond acceptors (Lipinski definition) is 3. The molecule has 0 spiro atoms. The number of halogens is 1. The van der Waals surface area contributed by atoms with Crippen LogP contribution in [0.5, 0.6) is 0 Å². The van der Waals surface area contributed by atoms with E-state index in [-0.39, 0.29) is 19.0 Å². The summed E-state index contributed by atoms with van der Waals surface area (Å²) in [5.74, 6) is -0.0724. The van der Waals surface area contributed by atoms with E-state index in [0.717, 1.165) is 4.91 Å². The standard InChI is InChI=1S/C12H17FN2OS/c1-3-17-10(2)4-6-14-8-12(16)15-7-5-11(13)9-15/h3-4,6,11,14H,1-2,5,7-9H2/b6-4-. The quantitative estimate of drug-likeness (QED) is 0.738. The van der Waals surface area contributed by atoms with Crippen molar-refractivity contribution < 1.29 is 9.18 Å². The molecule has 5 heteroatoms. The van der Waals surface area contributed by atoms with Crippen molar-refractivity contribution in [3.63, 3.8) is 0 Å². The van der Waals surface area contributed by atoms with E-state index in [1.54, 1.807) is 22.6 Å². The SMILES string of the molecule is C=CSC(=C)/C=C\NCC(=O)N1CCC(F)C1. The number of hydrogen-bond donors (Lipinski definition) is 1. The molecule has 1 atom stereocenters. The van der Waals surface area contributed by atoms with Gasteiger partial charge in [-0.3, -0.25) is 4.79 Å². The Balaban J connectivity index is 2.20. The van der Waals surface area contributed by atoms with Crippen LogP contribution in [0.2, 0.25) is 0 Å². The maximum Gasteiger partial charge on any atom is 0.241 e. The van der Waals surface area contributed by atoms with Crippen LogP contribution in [0, 0.1) is 0 Å². The van der Waals surface area contributed by atoms with Crippen molar-refractivity contribution in [2.45, 2.75) is 12.6 Å². The van der Waals surface area contributed by atoms with Crippen LogP contribution in [0.3, 0.4) is 0 Å². The number of carbonyl (C=O) groups is 1. The zero-order valence-electron chi connectivity index (χ0n) is 9.69. The summed E-state index contributed by atoms with van der Waals surface area (Å²) < 4.78 is 12.9. The number of amides is 1. The van der Waals surface area contributed by atoms with Gasteiger partial charge in [0.15, 0.2) is 0 Å². The predicted molar refractivity (Wildman–Crippen MR) is 70.2 cm³/mol. The van der Waals surface area contributed by atoms with E-state index >= 15 is 0 Å². The second-order valence-electron chi connectivity index (χ2n) is 3.69. The number of likely N-dealkylation sites (tertiary alicyclic amines) is 1. The summed E-state index contributed by atoms with van der Waals surface area (Å²) in [4.78, 5) is 14.0. The molecule has 1 amide bonds. The van der Waals surface area contributed by atoms with Crippen LogP contribution in [0.15, 0.2) is 35.7 Å². The molecule has 17 heavy (non-hydrogen) atoms. The van der Waals surface area contributed by atoms with Gasteiger partial charge in [0.25, 0.3) is 0 Å². The summed E-state index contributed by atoms with van der Waals surface area (Å²) in [5, 5.41) is 4.55. The molecule has 1 rings (SSSR count). The monoisotopic (exact) mass is 256 g/mol. The second-order valence-corrected chi connectivity index (χ2v) is 4.78. The van der Waals surface area contributed by atoms with Crippen LogP contribution in [-0.2, 0) is 4.79 Å². The highest BCUT2D eigenvalue weighted by Gasteiger charge is 2.24. The van der Waals surface area contributed by atoms with Crippen molar-refractivity contribution in [3.05, 3.63) is 35.7 Å². The molecule has 1 N–H and O–H groups in total. The first-order chi connectivity index (χ1) is 8.13. The summed E-state index contributed by atoms with van der Waals surface area (Å²) in [6.45, 7) is 8.27. The van der Waals surface area contributed by atoms with E-state index in [1.807, 2.05) is 0 Å². The first kappa shape index (κ1) is 13.8. The second kappa shape index (κ2) is 7.17. The third-order valence-corrected chi connectivity index (χ3v) is 2.96. The fourth-order valence-electron chi connectivity index (χ4n) is 1.50. The number of carbonyl (C=O) groups excluding carboxylic acids is 1. The molecular weight excluding hydrogens is 239 g/mol. The summed E-state index contributed by atoms with van der Waals surface area (Å²) in [5.41, 5.74) is 0. The highest BCUT2D eigenvalue weighted by molar-refractivity contribution is 8.05. The summed E-state index contributed by atoms with van der Waals surface area (Å²) in [7, 11) is 0. The lowest BCUT2D eigenvalue weighted by Gasteiger charge is -2.14. The van der Waals surface area contributed by atoms with Gasteiger partial charge in [-0.15, -0.1) is 0 Å². The minimum atomic E-state index is -0.863. The van der Waals surface area contributed by atoms with Crippen molar-refractivity contribution >= 4 is 17.7 Å². The lowest BCUT2D eigenvalue weighted by molar-refractivity contribution is -0.129. The van der Waals surface area contributed by atoms with Gasteiger partial charge in [0.1, 0.15) is 6.17 Å². The van der Waals surface area contributed by atoms with Crippen LogP contribution in [0.4, 0.5) is 4.39 Å². The van der Waals surface area contributed by atoms with E-state index < -0.39 is 6.17 Å². The van der Waals surface area contributed by atoms with Crippen molar-refractivity contribution in [3.8, 4) is 0 Å². The fourth-order valence-corrected chi connectivity index (χ4v) is 1.86. The Labute approximate surface area is 105 Å². The Morgan fingerprint density at radius 2 is 2.41 bits per heavy atom. The first-order valence-corrected chi connectivity index (χ1v) is 6.29. The topological polar surface area (TPSA) is 32.3 Å². The van der Waals surface area contributed by atoms with Gasteiger partial charge in [-0.2, -0.15) is 0 Å². The zero-order valence-corrected chi connectivity index (χ0v) is 10.5. The van der Waals surface area contributed by atoms with Crippen molar-refractivity contribution in [1.29, 1.82) is 0 Å². The average molecular weight is 256 g/mol. The number of allylic oxidation sites excluding steroid dienone is 1. The van der Waals surface area contributed by atoms with Gasteiger partial charge >= 0.3 is 0 Å². The molecule has 0 aromatic rings. The minimum Gasteiger partial charge on any atom is -0.382 e. The van der Waals surface area contributed by atoms with Crippen molar-refractivity contribution in [1.82, 2.24) is 10.2 Å². The third-order valence-electron chi connectivity index (χ3n) is 2.36. The molecule has 94 valence electrons. The van der Waals surface area contributed by atoms with E-state index in [9.17, 15) is 9.18 Å². The van der Waals surface area contributed by atoms with Gasteiger partial charge in [0, 0.05) is 11.4 Å². The molecule has 0 aromatic carbocycles. The highest BCUT2D eigenvalue weighted by atomic mass is 32.2. The number of alkyl halides is 1. The summed E-state index contributed by atoms with van der Waals surface area (Å²) in [6.07, 6.45) is 3.02. The maximum absolute atomic E-state index is 12.9. The molecular formula is C12H17FN2OS. The van der Waals surface area contributed by atoms with Crippen LogP contribution in [-0.4, -0.2) is 36.6 Å². The fraction of sp³-hybridized carbons (Fsp3) is 0.417. The lowest BCUT2D eigenvalue weighted by Crippen LogP contribution is -2.35. The molecule has 1 saturated heterocycles. The molecule has 1 unspecified atom stereocenters. The van der Waals surface area contributed by atoms with Crippen LogP contribution < -0.4 is 5.32 Å². The maximum atomic E-state index is 12.9. The zero-order chi connectivity index (χ0) is 12.7. The molecule has 3 nitrogen and oxygen atoms in total. The van der Waals surface area contributed by atoms with Crippen LogP contribution in [0.25, 0.3) is 0 Å². The number of nitrogens with one attached hydrogen (secondary N) is 1. The Kier molecular flexibility index (Phi) is 5.83. The van der Waals surface area contributed by atoms with Crippen LogP contribution in [0.1, 0.15) is 6.42 Å². The molecule has 1 aliphatic rings. The normalized spacial score (nSPS) is 19.6. The molecule has 1 fully saturated rings. The Morgan fingerprint density at radius 3 is 3.00 bits per heavy atom. The molecule has 0 bridgehead atoms.